The van der Waals surface area contributed by atoms with Crippen molar-refractivity contribution < 1.29 is 4.79 Å². The molecule has 122 valence electrons. The fourth-order valence-corrected chi connectivity index (χ4v) is 4.15. The lowest BCUT2D eigenvalue weighted by Crippen LogP contribution is -2.48. The molecule has 4 heteroatoms. The average Bonchev–Trinajstić information content (AvgIpc) is 2.47. The first-order valence-corrected chi connectivity index (χ1v) is 8.33. The molecule has 1 amide bonds. The summed E-state index contributed by atoms with van der Waals surface area (Å²) in [6, 6.07) is 1.92. The van der Waals surface area contributed by atoms with Crippen LogP contribution in [0.1, 0.15) is 70.8 Å². The summed E-state index contributed by atoms with van der Waals surface area (Å²) in [5.41, 5.74) is 1.11. The molecule has 1 aromatic rings. The predicted octanol–water partition coefficient (Wildman–Crippen LogP) is 3.84. The summed E-state index contributed by atoms with van der Waals surface area (Å²) in [5.74, 6) is 0.575. The minimum Gasteiger partial charge on any atom is -0.348 e. The van der Waals surface area contributed by atoms with E-state index in [9.17, 15) is 4.79 Å². The molecule has 1 aliphatic rings. The molecule has 1 aliphatic carbocycles. The predicted molar refractivity (Wildman–Crippen MR) is 88.5 cm³/mol. The second-order valence-corrected chi connectivity index (χ2v) is 7.90. The molecule has 0 radical (unpaired) electrons. The Bertz CT molecular complexity index is 497. The normalized spacial score (nSPS) is 26.0. The van der Waals surface area contributed by atoms with Gasteiger partial charge in [-0.1, -0.05) is 34.6 Å². The summed E-state index contributed by atoms with van der Waals surface area (Å²) in [4.78, 5) is 20.1. The molecule has 0 aromatic carbocycles. The van der Waals surface area contributed by atoms with E-state index in [2.05, 4.69) is 49.9 Å². The van der Waals surface area contributed by atoms with E-state index in [1.54, 1.807) is 12.3 Å². The Morgan fingerprint density at radius 2 is 1.95 bits per heavy atom. The summed E-state index contributed by atoms with van der Waals surface area (Å²) in [7, 11) is 0. The molecule has 4 nitrogen and oxygen atoms in total. The van der Waals surface area contributed by atoms with Gasteiger partial charge >= 0.3 is 0 Å². The van der Waals surface area contributed by atoms with Crippen molar-refractivity contribution in [1.29, 1.82) is 0 Å². The minimum absolute atomic E-state index is 0.0831. The van der Waals surface area contributed by atoms with Gasteiger partial charge in [0, 0.05) is 12.2 Å². The number of carbonyl (C=O) groups excluding carboxylic acids is 1. The van der Waals surface area contributed by atoms with E-state index in [4.69, 9.17) is 0 Å². The van der Waals surface area contributed by atoms with Crippen LogP contribution < -0.4 is 5.32 Å². The van der Waals surface area contributed by atoms with Crippen molar-refractivity contribution in [3.8, 4) is 0 Å². The quantitative estimate of drug-likeness (QED) is 0.923. The zero-order chi connectivity index (χ0) is 16.4. The molecule has 1 heterocycles. The zero-order valence-corrected chi connectivity index (χ0v) is 14.5. The van der Waals surface area contributed by atoms with Gasteiger partial charge in [-0.15, -0.1) is 0 Å². The Balaban J connectivity index is 1.99. The highest BCUT2D eigenvalue weighted by Crippen LogP contribution is 2.54. The van der Waals surface area contributed by atoms with E-state index in [0.717, 1.165) is 12.8 Å². The summed E-state index contributed by atoms with van der Waals surface area (Å²) >= 11 is 0. The van der Waals surface area contributed by atoms with E-state index >= 15 is 0 Å². The Morgan fingerprint density at radius 3 is 2.41 bits per heavy atom. The lowest BCUT2D eigenvalue weighted by atomic mass is 9.54. The molecule has 2 rings (SSSR count). The van der Waals surface area contributed by atoms with Gasteiger partial charge in [-0.2, -0.15) is 0 Å². The molecule has 0 bridgehead atoms. The number of amides is 1. The largest absolute Gasteiger partial charge is 0.348 e. The molecular formula is C18H29N3O. The molecule has 0 aliphatic heterocycles. The van der Waals surface area contributed by atoms with Crippen LogP contribution in [-0.2, 0) is 0 Å². The first-order chi connectivity index (χ1) is 10.3. The first kappa shape index (κ1) is 16.9. The van der Waals surface area contributed by atoms with Crippen LogP contribution in [0.2, 0.25) is 0 Å². The standard InChI is InChI=1S/C18H29N3O/c1-13(2)18(17(3,4)5)9-6-14(7-10-18)21-16(22)15-8-11-19-12-20-15/h8,11-14H,6-7,9-10H2,1-5H3,(H,21,22). The van der Waals surface area contributed by atoms with E-state index in [1.807, 2.05) is 0 Å². The molecular weight excluding hydrogens is 274 g/mol. The van der Waals surface area contributed by atoms with E-state index in [0.29, 0.717) is 22.4 Å². The molecule has 0 saturated heterocycles. The number of nitrogens with one attached hydrogen (secondary N) is 1. The number of rotatable bonds is 3. The van der Waals surface area contributed by atoms with Gasteiger partial charge in [-0.25, -0.2) is 9.97 Å². The maximum absolute atomic E-state index is 12.2. The van der Waals surface area contributed by atoms with Gasteiger partial charge in [-0.3, -0.25) is 4.79 Å². The second kappa shape index (κ2) is 6.35. The lowest BCUT2D eigenvalue weighted by Gasteiger charge is -2.52. The van der Waals surface area contributed by atoms with Gasteiger partial charge in [0.25, 0.3) is 5.91 Å². The third-order valence-electron chi connectivity index (χ3n) is 5.63. The van der Waals surface area contributed by atoms with Gasteiger partial charge in [0.1, 0.15) is 12.0 Å². The lowest BCUT2D eigenvalue weighted by molar-refractivity contribution is -0.0158. The van der Waals surface area contributed by atoms with Gasteiger partial charge < -0.3 is 5.32 Å². The van der Waals surface area contributed by atoms with Crippen molar-refractivity contribution in [2.24, 2.45) is 16.7 Å². The Kier molecular flexibility index (Phi) is 4.88. The van der Waals surface area contributed by atoms with Crippen molar-refractivity contribution in [1.82, 2.24) is 15.3 Å². The molecule has 1 N–H and O–H groups in total. The zero-order valence-electron chi connectivity index (χ0n) is 14.5. The monoisotopic (exact) mass is 303 g/mol. The Labute approximate surface area is 134 Å². The van der Waals surface area contributed by atoms with Crippen LogP contribution in [0.3, 0.4) is 0 Å². The Morgan fingerprint density at radius 1 is 1.32 bits per heavy atom. The molecule has 22 heavy (non-hydrogen) atoms. The fourth-order valence-electron chi connectivity index (χ4n) is 4.15. The average molecular weight is 303 g/mol. The van der Waals surface area contributed by atoms with Gasteiger partial charge in [0.15, 0.2) is 0 Å². The van der Waals surface area contributed by atoms with E-state index < -0.39 is 0 Å². The third kappa shape index (κ3) is 3.31. The number of hydrogen-bond donors (Lipinski definition) is 1. The van der Waals surface area contributed by atoms with E-state index in [1.165, 1.54) is 19.2 Å². The van der Waals surface area contributed by atoms with Gasteiger partial charge in [-0.05, 0) is 48.5 Å². The molecule has 1 saturated carbocycles. The highest BCUT2D eigenvalue weighted by molar-refractivity contribution is 5.92. The van der Waals surface area contributed by atoms with Gasteiger partial charge in [0.2, 0.25) is 0 Å². The molecule has 1 aromatic heterocycles. The van der Waals surface area contributed by atoms with Gasteiger partial charge in [0.05, 0.1) is 0 Å². The van der Waals surface area contributed by atoms with Crippen LogP contribution in [-0.4, -0.2) is 21.9 Å². The second-order valence-electron chi connectivity index (χ2n) is 7.90. The van der Waals surface area contributed by atoms with Crippen molar-refractivity contribution >= 4 is 5.91 Å². The minimum atomic E-state index is -0.0831. The summed E-state index contributed by atoms with van der Waals surface area (Å²) in [5, 5.41) is 3.13. The highest BCUT2D eigenvalue weighted by atomic mass is 16.1. The van der Waals surface area contributed by atoms with Crippen molar-refractivity contribution in [3.05, 3.63) is 24.3 Å². The molecule has 0 spiro atoms. The van der Waals surface area contributed by atoms with Crippen molar-refractivity contribution in [2.45, 2.75) is 66.3 Å². The summed E-state index contributed by atoms with van der Waals surface area (Å²) in [6.07, 6.45) is 7.45. The SMILES string of the molecule is CC(C)C1(C(C)(C)C)CCC(NC(=O)c2ccncn2)CC1. The number of hydrogen-bond acceptors (Lipinski definition) is 3. The van der Waals surface area contributed by atoms with Crippen LogP contribution in [0.25, 0.3) is 0 Å². The Hall–Kier alpha value is -1.45. The third-order valence-corrected chi connectivity index (χ3v) is 5.63. The summed E-state index contributed by atoms with van der Waals surface area (Å²) < 4.78 is 0. The van der Waals surface area contributed by atoms with Crippen molar-refractivity contribution in [3.63, 3.8) is 0 Å². The van der Waals surface area contributed by atoms with Crippen LogP contribution in [0, 0.1) is 16.7 Å². The topological polar surface area (TPSA) is 54.9 Å². The fraction of sp³-hybridized carbons (Fsp3) is 0.722. The number of carbonyl (C=O) groups is 1. The number of nitrogens with zero attached hydrogens (tertiary/aromatic N) is 2. The van der Waals surface area contributed by atoms with E-state index in [-0.39, 0.29) is 11.9 Å². The molecule has 0 atom stereocenters. The van der Waals surface area contributed by atoms with Crippen LogP contribution in [0.4, 0.5) is 0 Å². The van der Waals surface area contributed by atoms with Crippen molar-refractivity contribution in [2.75, 3.05) is 0 Å². The molecule has 0 unspecified atom stereocenters. The van der Waals surface area contributed by atoms with Crippen LogP contribution in [0.5, 0.6) is 0 Å². The van der Waals surface area contributed by atoms with Crippen LogP contribution >= 0.6 is 0 Å². The smallest absolute Gasteiger partial charge is 0.270 e. The summed E-state index contributed by atoms with van der Waals surface area (Å²) in [6.45, 7) is 11.7. The highest BCUT2D eigenvalue weighted by Gasteiger charge is 2.46. The maximum Gasteiger partial charge on any atom is 0.270 e. The molecule has 1 fully saturated rings. The van der Waals surface area contributed by atoms with Crippen LogP contribution in [0.15, 0.2) is 18.6 Å². The number of aromatic nitrogens is 2. The first-order valence-electron chi connectivity index (χ1n) is 8.33. The maximum atomic E-state index is 12.2.